The molecule has 102 valence electrons. The van der Waals surface area contributed by atoms with Crippen LogP contribution in [-0.2, 0) is 14.8 Å². The topological polar surface area (TPSA) is 126 Å². The zero-order valence-electron chi connectivity index (χ0n) is 9.33. The molecule has 0 bridgehead atoms. The smallest absolute Gasteiger partial charge is 0.371 e. The van der Waals surface area contributed by atoms with E-state index in [1.165, 1.54) is 0 Å². The normalized spacial score (nSPS) is 11.6. The lowest BCUT2D eigenvalue weighted by Crippen LogP contribution is -2.27. The number of carboxylic acid groups (broad SMARTS) is 1. The summed E-state index contributed by atoms with van der Waals surface area (Å²) in [4.78, 5) is 10.5. The maximum atomic E-state index is 11.6. The first kappa shape index (κ1) is 14.6. The van der Waals surface area contributed by atoms with Gasteiger partial charge >= 0.3 is 5.97 Å². The van der Waals surface area contributed by atoms with E-state index in [4.69, 9.17) is 14.9 Å². The molecule has 0 aliphatic rings. The standard InChI is InChI=1S/C9H13NO7S/c11-4-6-16-5-3-10-18(14,15)8-2-1-7(17-8)9(12)13/h1-2,10-11H,3-6H2,(H,12,13). The van der Waals surface area contributed by atoms with Crippen LogP contribution >= 0.6 is 0 Å². The predicted molar refractivity (Wildman–Crippen MR) is 58.8 cm³/mol. The Bertz CT molecular complexity index is 493. The highest BCUT2D eigenvalue weighted by molar-refractivity contribution is 7.89. The molecule has 0 saturated carbocycles. The molecular weight excluding hydrogens is 266 g/mol. The Kier molecular flexibility index (Phi) is 5.28. The first-order valence-corrected chi connectivity index (χ1v) is 6.47. The van der Waals surface area contributed by atoms with Crippen LogP contribution in [0.15, 0.2) is 21.6 Å². The summed E-state index contributed by atoms with van der Waals surface area (Å²) in [5.41, 5.74) is 0. The molecule has 1 aromatic rings. The number of aliphatic hydroxyl groups excluding tert-OH is 1. The van der Waals surface area contributed by atoms with Gasteiger partial charge in [-0.1, -0.05) is 0 Å². The molecule has 1 heterocycles. The van der Waals surface area contributed by atoms with Crippen molar-refractivity contribution in [2.45, 2.75) is 5.09 Å². The van der Waals surface area contributed by atoms with Crippen molar-refractivity contribution < 1.29 is 32.6 Å². The van der Waals surface area contributed by atoms with Gasteiger partial charge in [-0.25, -0.2) is 17.9 Å². The van der Waals surface area contributed by atoms with Crippen LogP contribution in [0.25, 0.3) is 0 Å². The van der Waals surface area contributed by atoms with Gasteiger partial charge in [0, 0.05) is 6.54 Å². The largest absolute Gasteiger partial charge is 0.475 e. The fourth-order valence-electron chi connectivity index (χ4n) is 1.07. The van der Waals surface area contributed by atoms with E-state index in [9.17, 15) is 13.2 Å². The van der Waals surface area contributed by atoms with Gasteiger partial charge in [-0.3, -0.25) is 0 Å². The van der Waals surface area contributed by atoms with E-state index in [0.29, 0.717) is 0 Å². The number of sulfonamides is 1. The SMILES string of the molecule is O=C(O)c1ccc(S(=O)(=O)NCCOCCO)o1. The number of hydrogen-bond donors (Lipinski definition) is 3. The monoisotopic (exact) mass is 279 g/mol. The molecule has 1 rings (SSSR count). The molecule has 0 aliphatic carbocycles. The lowest BCUT2D eigenvalue weighted by Gasteiger charge is -2.04. The summed E-state index contributed by atoms with van der Waals surface area (Å²) in [7, 11) is -3.88. The van der Waals surface area contributed by atoms with E-state index in [0.717, 1.165) is 12.1 Å². The molecule has 0 spiro atoms. The minimum absolute atomic E-state index is 0.00849. The lowest BCUT2D eigenvalue weighted by atomic mass is 10.5. The molecule has 3 N–H and O–H groups in total. The Balaban J connectivity index is 2.54. The van der Waals surface area contributed by atoms with Gasteiger partial charge in [0.15, 0.2) is 0 Å². The molecule has 18 heavy (non-hydrogen) atoms. The van der Waals surface area contributed by atoms with Crippen LogP contribution in [0.2, 0.25) is 0 Å². The zero-order chi connectivity index (χ0) is 13.6. The third kappa shape index (κ3) is 4.11. The maximum absolute atomic E-state index is 11.6. The molecule has 9 heteroatoms. The minimum Gasteiger partial charge on any atom is -0.475 e. The van der Waals surface area contributed by atoms with E-state index in [2.05, 4.69) is 9.14 Å². The third-order valence-electron chi connectivity index (χ3n) is 1.83. The van der Waals surface area contributed by atoms with Crippen molar-refractivity contribution in [3.05, 3.63) is 17.9 Å². The third-order valence-corrected chi connectivity index (χ3v) is 3.16. The fraction of sp³-hybridized carbons (Fsp3) is 0.444. The van der Waals surface area contributed by atoms with Gasteiger partial charge in [0.25, 0.3) is 10.0 Å². The van der Waals surface area contributed by atoms with Gasteiger partial charge < -0.3 is 19.4 Å². The van der Waals surface area contributed by atoms with Crippen molar-refractivity contribution in [3.8, 4) is 0 Å². The molecule has 0 radical (unpaired) electrons. The van der Waals surface area contributed by atoms with Crippen LogP contribution in [0, 0.1) is 0 Å². The van der Waals surface area contributed by atoms with Crippen molar-refractivity contribution >= 4 is 16.0 Å². The van der Waals surface area contributed by atoms with E-state index in [1.807, 2.05) is 0 Å². The molecular formula is C9H13NO7S. The average molecular weight is 279 g/mol. The summed E-state index contributed by atoms with van der Waals surface area (Å²) in [5.74, 6) is -1.80. The summed E-state index contributed by atoms with van der Waals surface area (Å²) in [6.45, 7) is 0.0519. The van der Waals surface area contributed by atoms with Crippen molar-refractivity contribution in [1.29, 1.82) is 0 Å². The van der Waals surface area contributed by atoms with Gasteiger partial charge in [0.1, 0.15) is 0 Å². The zero-order valence-corrected chi connectivity index (χ0v) is 10.1. The number of furan rings is 1. The quantitative estimate of drug-likeness (QED) is 0.535. The van der Waals surface area contributed by atoms with Crippen molar-refractivity contribution in [2.75, 3.05) is 26.4 Å². The van der Waals surface area contributed by atoms with Crippen LogP contribution in [0.4, 0.5) is 0 Å². The summed E-state index contributed by atoms with van der Waals surface area (Å²) in [6.07, 6.45) is 0. The van der Waals surface area contributed by atoms with Gasteiger partial charge in [-0.05, 0) is 12.1 Å². The Hall–Kier alpha value is -1.42. The van der Waals surface area contributed by atoms with Crippen LogP contribution in [-0.4, -0.2) is 51.0 Å². The number of rotatable bonds is 8. The van der Waals surface area contributed by atoms with Crippen LogP contribution < -0.4 is 4.72 Å². The number of nitrogens with one attached hydrogen (secondary N) is 1. The van der Waals surface area contributed by atoms with Crippen LogP contribution in [0.1, 0.15) is 10.6 Å². The van der Waals surface area contributed by atoms with E-state index in [1.54, 1.807) is 0 Å². The summed E-state index contributed by atoms with van der Waals surface area (Å²) in [6, 6.07) is 2.11. The Morgan fingerprint density at radius 2 is 2.11 bits per heavy atom. The lowest BCUT2D eigenvalue weighted by molar-refractivity contribution is 0.0656. The van der Waals surface area contributed by atoms with Gasteiger partial charge in [0.2, 0.25) is 10.9 Å². The van der Waals surface area contributed by atoms with E-state index >= 15 is 0 Å². The summed E-state index contributed by atoms with van der Waals surface area (Å²) in [5, 5.41) is 16.5. The number of aliphatic hydroxyl groups is 1. The fourth-order valence-corrected chi connectivity index (χ4v) is 2.01. The predicted octanol–water partition coefficient (Wildman–Crippen LogP) is -0.735. The highest BCUT2D eigenvalue weighted by Crippen LogP contribution is 2.13. The Labute approximate surface area is 103 Å². The van der Waals surface area contributed by atoms with Crippen LogP contribution in [0.3, 0.4) is 0 Å². The molecule has 0 saturated heterocycles. The Morgan fingerprint density at radius 3 is 2.67 bits per heavy atom. The molecule has 0 aromatic carbocycles. The number of ether oxygens (including phenoxy) is 1. The number of aromatic carboxylic acids is 1. The van der Waals surface area contributed by atoms with E-state index in [-0.39, 0.29) is 26.4 Å². The number of hydrogen-bond acceptors (Lipinski definition) is 6. The average Bonchev–Trinajstić information content (AvgIpc) is 2.78. The molecule has 0 amide bonds. The van der Waals surface area contributed by atoms with Gasteiger partial charge in [-0.15, -0.1) is 0 Å². The van der Waals surface area contributed by atoms with E-state index < -0.39 is 26.8 Å². The van der Waals surface area contributed by atoms with Crippen molar-refractivity contribution in [2.24, 2.45) is 0 Å². The molecule has 0 atom stereocenters. The van der Waals surface area contributed by atoms with Crippen molar-refractivity contribution in [3.63, 3.8) is 0 Å². The highest BCUT2D eigenvalue weighted by atomic mass is 32.2. The first-order valence-electron chi connectivity index (χ1n) is 4.99. The second-order valence-corrected chi connectivity index (χ2v) is 4.86. The molecule has 0 aliphatic heterocycles. The molecule has 8 nitrogen and oxygen atoms in total. The maximum Gasteiger partial charge on any atom is 0.371 e. The molecule has 0 fully saturated rings. The first-order chi connectivity index (χ1) is 8.47. The van der Waals surface area contributed by atoms with Crippen LogP contribution in [0.5, 0.6) is 0 Å². The number of carboxylic acids is 1. The molecule has 1 aromatic heterocycles. The second kappa shape index (κ2) is 6.50. The Morgan fingerprint density at radius 1 is 1.39 bits per heavy atom. The van der Waals surface area contributed by atoms with Gasteiger partial charge in [-0.2, -0.15) is 0 Å². The number of carbonyl (C=O) groups is 1. The highest BCUT2D eigenvalue weighted by Gasteiger charge is 2.20. The summed E-state index contributed by atoms with van der Waals surface area (Å²) < 4.78 is 34.9. The molecule has 0 unspecified atom stereocenters. The van der Waals surface area contributed by atoms with Gasteiger partial charge in [0.05, 0.1) is 19.8 Å². The summed E-state index contributed by atoms with van der Waals surface area (Å²) >= 11 is 0. The minimum atomic E-state index is -3.88. The van der Waals surface area contributed by atoms with Crippen molar-refractivity contribution in [1.82, 2.24) is 4.72 Å². The second-order valence-electron chi connectivity index (χ2n) is 3.16.